The molecule has 0 atom stereocenters. The quantitative estimate of drug-likeness (QED) is 0.867. The molecule has 1 fully saturated rings. The normalized spacial score (nSPS) is 18.2. The van der Waals surface area contributed by atoms with Crippen molar-refractivity contribution in [2.24, 2.45) is 0 Å². The van der Waals surface area contributed by atoms with Gasteiger partial charge in [0.15, 0.2) is 0 Å². The number of fused-ring (bicyclic) bond motifs is 3. The van der Waals surface area contributed by atoms with Gasteiger partial charge in [0.25, 0.3) is 0 Å². The van der Waals surface area contributed by atoms with Crippen LogP contribution in [0.5, 0.6) is 0 Å². The molecule has 2 aromatic carbocycles. The van der Waals surface area contributed by atoms with Gasteiger partial charge in [-0.1, -0.05) is 48.5 Å². The molecule has 90 valence electrons. The van der Waals surface area contributed by atoms with Gasteiger partial charge >= 0.3 is 0 Å². The second-order valence-corrected chi connectivity index (χ2v) is 4.97. The highest BCUT2D eigenvalue weighted by Gasteiger charge is 2.32. The average molecular weight is 237 g/mol. The van der Waals surface area contributed by atoms with E-state index < -0.39 is 0 Å². The summed E-state index contributed by atoms with van der Waals surface area (Å²) in [4.78, 5) is 0. The Bertz CT molecular complexity index is 544. The zero-order valence-electron chi connectivity index (χ0n) is 10.1. The minimum atomic E-state index is 0.115. The van der Waals surface area contributed by atoms with Crippen LogP contribution in [0.2, 0.25) is 0 Å². The molecule has 1 N–H and O–H groups in total. The van der Waals surface area contributed by atoms with Crippen LogP contribution in [0.4, 0.5) is 0 Å². The summed E-state index contributed by atoms with van der Waals surface area (Å²) in [6.07, 6.45) is 0.471. The van der Waals surface area contributed by atoms with E-state index in [0.29, 0.717) is 6.10 Å². The molecule has 0 aromatic heterocycles. The molecule has 1 aliphatic heterocycles. The maximum absolute atomic E-state index is 6.24. The fraction of sp³-hybridized carbons (Fsp3) is 0.250. The molecule has 1 heterocycles. The van der Waals surface area contributed by atoms with Crippen molar-refractivity contribution in [3.05, 3.63) is 59.7 Å². The Labute approximate surface area is 107 Å². The van der Waals surface area contributed by atoms with E-state index in [9.17, 15) is 0 Å². The number of ether oxygens (including phenoxy) is 1. The summed E-state index contributed by atoms with van der Waals surface area (Å²) >= 11 is 0. The first kappa shape index (κ1) is 10.3. The van der Waals surface area contributed by atoms with Crippen LogP contribution in [-0.2, 0) is 4.74 Å². The fourth-order valence-corrected chi connectivity index (χ4v) is 2.81. The van der Waals surface area contributed by atoms with Gasteiger partial charge in [-0.3, -0.25) is 0 Å². The van der Waals surface area contributed by atoms with Gasteiger partial charge < -0.3 is 10.1 Å². The summed E-state index contributed by atoms with van der Waals surface area (Å²) in [5, 5.41) is 3.26. The molecule has 1 saturated heterocycles. The highest BCUT2D eigenvalue weighted by molar-refractivity contribution is 5.78. The van der Waals surface area contributed by atoms with Crippen molar-refractivity contribution in [2.45, 2.75) is 12.2 Å². The zero-order valence-corrected chi connectivity index (χ0v) is 10.1. The van der Waals surface area contributed by atoms with E-state index in [-0.39, 0.29) is 6.10 Å². The maximum atomic E-state index is 6.24. The minimum absolute atomic E-state index is 0.115. The van der Waals surface area contributed by atoms with Gasteiger partial charge in [0.05, 0.1) is 6.10 Å². The SMILES string of the molecule is c1ccc2c(c1)-c1ccccc1C2OC1CNC1. The Hall–Kier alpha value is -1.64. The molecule has 2 heteroatoms. The van der Waals surface area contributed by atoms with E-state index in [4.69, 9.17) is 4.74 Å². The third kappa shape index (κ3) is 1.43. The molecule has 0 unspecified atom stereocenters. The third-order valence-corrected chi connectivity index (χ3v) is 3.85. The summed E-state index contributed by atoms with van der Waals surface area (Å²) in [6, 6.07) is 17.2. The number of hydrogen-bond acceptors (Lipinski definition) is 2. The highest BCUT2D eigenvalue weighted by atomic mass is 16.5. The maximum Gasteiger partial charge on any atom is 0.109 e. The summed E-state index contributed by atoms with van der Waals surface area (Å²) in [5.74, 6) is 0. The first-order valence-corrected chi connectivity index (χ1v) is 6.48. The average Bonchev–Trinajstić information content (AvgIpc) is 2.69. The van der Waals surface area contributed by atoms with E-state index in [2.05, 4.69) is 53.8 Å². The topological polar surface area (TPSA) is 21.3 Å². The second kappa shape index (κ2) is 3.94. The van der Waals surface area contributed by atoms with Crippen molar-refractivity contribution in [1.82, 2.24) is 5.32 Å². The van der Waals surface area contributed by atoms with E-state index in [0.717, 1.165) is 13.1 Å². The lowest BCUT2D eigenvalue weighted by Crippen LogP contribution is -2.48. The predicted molar refractivity (Wildman–Crippen MR) is 71.5 cm³/mol. The molecule has 0 amide bonds. The van der Waals surface area contributed by atoms with Crippen molar-refractivity contribution in [1.29, 1.82) is 0 Å². The summed E-state index contributed by atoms with van der Waals surface area (Å²) in [5.41, 5.74) is 5.27. The first-order chi connectivity index (χ1) is 8.93. The van der Waals surface area contributed by atoms with Crippen LogP contribution >= 0.6 is 0 Å². The van der Waals surface area contributed by atoms with Gasteiger partial charge in [-0.05, 0) is 22.3 Å². The van der Waals surface area contributed by atoms with Gasteiger partial charge in [0.1, 0.15) is 6.10 Å². The van der Waals surface area contributed by atoms with Crippen molar-refractivity contribution in [3.63, 3.8) is 0 Å². The van der Waals surface area contributed by atoms with Gasteiger partial charge in [-0.25, -0.2) is 0 Å². The number of hydrogen-bond donors (Lipinski definition) is 1. The van der Waals surface area contributed by atoms with E-state index in [1.807, 2.05) is 0 Å². The highest BCUT2D eigenvalue weighted by Crippen LogP contribution is 2.45. The predicted octanol–water partition coefficient (Wildman–Crippen LogP) is 2.74. The van der Waals surface area contributed by atoms with Gasteiger partial charge in [-0.2, -0.15) is 0 Å². The standard InChI is InChI=1S/C16H15NO/c1-3-7-14-12(5-1)13-6-2-4-8-15(13)16(14)18-11-9-17-10-11/h1-8,11,16-17H,9-10H2. The van der Waals surface area contributed by atoms with E-state index >= 15 is 0 Å². The van der Waals surface area contributed by atoms with Crippen LogP contribution in [0.25, 0.3) is 11.1 Å². The lowest BCUT2D eigenvalue weighted by atomic mass is 10.1. The molecule has 4 rings (SSSR count). The van der Waals surface area contributed by atoms with Gasteiger partial charge in [0, 0.05) is 13.1 Å². The van der Waals surface area contributed by atoms with Crippen LogP contribution in [0.15, 0.2) is 48.5 Å². The molecule has 18 heavy (non-hydrogen) atoms. The number of nitrogens with one attached hydrogen (secondary N) is 1. The first-order valence-electron chi connectivity index (χ1n) is 6.48. The smallest absolute Gasteiger partial charge is 0.109 e. The van der Waals surface area contributed by atoms with Crippen molar-refractivity contribution >= 4 is 0 Å². The molecule has 0 bridgehead atoms. The molecular weight excluding hydrogens is 222 g/mol. The summed E-state index contributed by atoms with van der Waals surface area (Å²) < 4.78 is 6.24. The Balaban J connectivity index is 1.81. The van der Waals surface area contributed by atoms with Crippen LogP contribution in [0.1, 0.15) is 17.2 Å². The van der Waals surface area contributed by atoms with Crippen LogP contribution in [-0.4, -0.2) is 19.2 Å². The van der Waals surface area contributed by atoms with Crippen molar-refractivity contribution in [2.75, 3.05) is 13.1 Å². The lowest BCUT2D eigenvalue weighted by Gasteiger charge is -2.30. The fourth-order valence-electron chi connectivity index (χ4n) is 2.81. The van der Waals surface area contributed by atoms with Gasteiger partial charge in [-0.15, -0.1) is 0 Å². The zero-order chi connectivity index (χ0) is 11.9. The summed E-state index contributed by atoms with van der Waals surface area (Å²) in [6.45, 7) is 1.95. The molecule has 2 aliphatic rings. The van der Waals surface area contributed by atoms with E-state index in [1.54, 1.807) is 0 Å². The minimum Gasteiger partial charge on any atom is -0.363 e. The Morgan fingerprint density at radius 2 is 1.39 bits per heavy atom. The van der Waals surface area contributed by atoms with Crippen LogP contribution in [0.3, 0.4) is 0 Å². The molecular formula is C16H15NO. The Morgan fingerprint density at radius 3 is 1.89 bits per heavy atom. The molecule has 0 radical (unpaired) electrons. The van der Waals surface area contributed by atoms with Gasteiger partial charge in [0.2, 0.25) is 0 Å². The Kier molecular flexibility index (Phi) is 2.25. The number of rotatable bonds is 2. The molecule has 2 aromatic rings. The molecule has 0 saturated carbocycles. The number of benzene rings is 2. The lowest BCUT2D eigenvalue weighted by molar-refractivity contribution is -0.0183. The third-order valence-electron chi connectivity index (χ3n) is 3.85. The van der Waals surface area contributed by atoms with Crippen LogP contribution < -0.4 is 5.32 Å². The molecule has 2 nitrogen and oxygen atoms in total. The Morgan fingerprint density at radius 1 is 0.833 bits per heavy atom. The van der Waals surface area contributed by atoms with E-state index in [1.165, 1.54) is 22.3 Å². The van der Waals surface area contributed by atoms with Crippen molar-refractivity contribution < 1.29 is 4.74 Å². The van der Waals surface area contributed by atoms with Crippen molar-refractivity contribution in [3.8, 4) is 11.1 Å². The monoisotopic (exact) mass is 237 g/mol. The van der Waals surface area contributed by atoms with Crippen LogP contribution in [0, 0.1) is 0 Å². The molecule has 0 spiro atoms. The largest absolute Gasteiger partial charge is 0.363 e. The second-order valence-electron chi connectivity index (χ2n) is 4.97. The molecule has 1 aliphatic carbocycles. The summed E-state index contributed by atoms with van der Waals surface area (Å²) in [7, 11) is 0.